The summed E-state index contributed by atoms with van der Waals surface area (Å²) in [6.45, 7) is 0. The van der Waals surface area contributed by atoms with E-state index in [9.17, 15) is 13.2 Å². The molecular formula is C12H14BrNO3S2. The van der Waals surface area contributed by atoms with Crippen molar-refractivity contribution in [2.75, 3.05) is 17.3 Å². The van der Waals surface area contributed by atoms with E-state index in [1.807, 2.05) is 24.3 Å². The Bertz CT molecular complexity index is 557. The van der Waals surface area contributed by atoms with Gasteiger partial charge in [0.15, 0.2) is 9.84 Å². The number of carbonyl (C=O) groups is 1. The maximum atomic E-state index is 11.7. The van der Waals surface area contributed by atoms with Crippen LogP contribution in [0.3, 0.4) is 0 Å². The van der Waals surface area contributed by atoms with Crippen LogP contribution in [-0.4, -0.2) is 37.6 Å². The first-order valence-electron chi connectivity index (χ1n) is 5.83. The molecule has 0 unspecified atom stereocenters. The van der Waals surface area contributed by atoms with Crippen molar-refractivity contribution in [1.82, 2.24) is 5.32 Å². The molecule has 1 N–H and O–H groups in total. The number of halogens is 1. The lowest BCUT2D eigenvalue weighted by Crippen LogP contribution is -2.36. The summed E-state index contributed by atoms with van der Waals surface area (Å²) in [6.07, 6.45) is 0.525. The minimum atomic E-state index is -2.94. The summed E-state index contributed by atoms with van der Waals surface area (Å²) in [7, 11) is -2.94. The number of hydrogen-bond acceptors (Lipinski definition) is 4. The van der Waals surface area contributed by atoms with Crippen LogP contribution in [0.25, 0.3) is 0 Å². The van der Waals surface area contributed by atoms with E-state index in [1.54, 1.807) is 0 Å². The number of thioether (sulfide) groups is 1. The second kappa shape index (κ2) is 6.28. The van der Waals surface area contributed by atoms with Crippen LogP contribution in [-0.2, 0) is 14.6 Å². The van der Waals surface area contributed by atoms with Gasteiger partial charge in [0.05, 0.1) is 17.3 Å². The van der Waals surface area contributed by atoms with Crippen molar-refractivity contribution in [1.29, 1.82) is 0 Å². The molecule has 1 aliphatic heterocycles. The van der Waals surface area contributed by atoms with Crippen LogP contribution in [0, 0.1) is 0 Å². The van der Waals surface area contributed by atoms with Crippen LogP contribution in [0.5, 0.6) is 0 Å². The molecule has 1 atom stereocenters. The van der Waals surface area contributed by atoms with Crippen LogP contribution in [0.2, 0.25) is 0 Å². The normalized spacial score (nSPS) is 21.2. The van der Waals surface area contributed by atoms with Crippen molar-refractivity contribution in [2.24, 2.45) is 0 Å². The minimum absolute atomic E-state index is 0.0711. The molecule has 1 saturated heterocycles. The van der Waals surface area contributed by atoms with Gasteiger partial charge < -0.3 is 5.32 Å². The molecule has 0 aliphatic carbocycles. The second-order valence-corrected chi connectivity index (χ2v) is 8.60. The average molecular weight is 364 g/mol. The molecule has 1 aromatic carbocycles. The number of nitrogens with one attached hydrogen (secondary N) is 1. The van der Waals surface area contributed by atoms with Crippen LogP contribution in [0.1, 0.15) is 6.42 Å². The van der Waals surface area contributed by atoms with Gasteiger partial charge in [-0.25, -0.2) is 8.42 Å². The van der Waals surface area contributed by atoms with Gasteiger partial charge in [-0.1, -0.05) is 15.9 Å². The Labute approximate surface area is 125 Å². The van der Waals surface area contributed by atoms with Crippen molar-refractivity contribution in [3.63, 3.8) is 0 Å². The quantitative estimate of drug-likeness (QED) is 0.829. The van der Waals surface area contributed by atoms with E-state index in [2.05, 4.69) is 21.2 Å². The van der Waals surface area contributed by atoms with E-state index in [0.717, 1.165) is 9.37 Å². The molecule has 7 heteroatoms. The Kier molecular flexibility index (Phi) is 4.92. The van der Waals surface area contributed by atoms with E-state index >= 15 is 0 Å². The SMILES string of the molecule is O=C(CSc1ccc(Br)cc1)N[C@@H]1CCS(=O)(=O)C1. The largest absolute Gasteiger partial charge is 0.352 e. The number of sulfone groups is 1. The molecule has 2 rings (SSSR count). The zero-order valence-electron chi connectivity index (χ0n) is 10.1. The van der Waals surface area contributed by atoms with Gasteiger partial charge in [0.1, 0.15) is 0 Å². The smallest absolute Gasteiger partial charge is 0.230 e. The van der Waals surface area contributed by atoms with Gasteiger partial charge in [0.2, 0.25) is 5.91 Å². The molecule has 0 aromatic heterocycles. The van der Waals surface area contributed by atoms with Gasteiger partial charge in [0, 0.05) is 15.4 Å². The maximum Gasteiger partial charge on any atom is 0.230 e. The first-order valence-corrected chi connectivity index (χ1v) is 9.43. The second-order valence-electron chi connectivity index (χ2n) is 4.41. The van der Waals surface area contributed by atoms with Gasteiger partial charge in [-0.2, -0.15) is 0 Å². The zero-order chi connectivity index (χ0) is 13.9. The fourth-order valence-electron chi connectivity index (χ4n) is 1.86. The Balaban J connectivity index is 1.77. The summed E-state index contributed by atoms with van der Waals surface area (Å²) in [5, 5.41) is 2.77. The van der Waals surface area contributed by atoms with Crippen LogP contribution >= 0.6 is 27.7 Å². The van der Waals surface area contributed by atoms with Gasteiger partial charge in [-0.3, -0.25) is 4.79 Å². The number of rotatable bonds is 4. The number of hydrogen-bond donors (Lipinski definition) is 1. The summed E-state index contributed by atoms with van der Waals surface area (Å²) in [5.74, 6) is 0.438. The Morgan fingerprint density at radius 3 is 2.63 bits per heavy atom. The Morgan fingerprint density at radius 2 is 2.05 bits per heavy atom. The standard InChI is InChI=1S/C12H14BrNO3S2/c13-9-1-3-11(4-2-9)18-7-12(15)14-10-5-6-19(16,17)8-10/h1-4,10H,5-8H2,(H,14,15)/t10-/m1/s1. The molecule has 0 radical (unpaired) electrons. The van der Waals surface area contributed by atoms with Crippen molar-refractivity contribution in [3.8, 4) is 0 Å². The Hall–Kier alpha value is -0.530. The molecule has 1 amide bonds. The van der Waals surface area contributed by atoms with Crippen LogP contribution < -0.4 is 5.32 Å². The molecule has 4 nitrogen and oxygen atoms in total. The first-order chi connectivity index (χ1) is 8.94. The molecule has 1 fully saturated rings. The number of benzene rings is 1. The van der Waals surface area contributed by atoms with Crippen LogP contribution in [0.4, 0.5) is 0 Å². The molecule has 0 bridgehead atoms. The van der Waals surface area contributed by atoms with E-state index in [0.29, 0.717) is 12.2 Å². The van der Waals surface area contributed by atoms with E-state index in [-0.39, 0.29) is 23.5 Å². The maximum absolute atomic E-state index is 11.7. The summed E-state index contributed by atoms with van der Waals surface area (Å²) in [6, 6.07) is 7.49. The van der Waals surface area contributed by atoms with E-state index < -0.39 is 9.84 Å². The fraction of sp³-hybridized carbons (Fsp3) is 0.417. The highest BCUT2D eigenvalue weighted by atomic mass is 79.9. The highest BCUT2D eigenvalue weighted by Crippen LogP contribution is 2.20. The summed E-state index contributed by atoms with van der Waals surface area (Å²) >= 11 is 4.79. The van der Waals surface area contributed by atoms with Crippen molar-refractivity contribution >= 4 is 43.4 Å². The van der Waals surface area contributed by atoms with E-state index in [1.165, 1.54) is 11.8 Å². The van der Waals surface area contributed by atoms with Crippen molar-refractivity contribution in [3.05, 3.63) is 28.7 Å². The third-order valence-corrected chi connectivity index (χ3v) is 6.09. The zero-order valence-corrected chi connectivity index (χ0v) is 13.4. The molecule has 104 valence electrons. The molecular weight excluding hydrogens is 350 g/mol. The third kappa shape index (κ3) is 4.81. The average Bonchev–Trinajstić information content (AvgIpc) is 2.68. The van der Waals surface area contributed by atoms with Crippen LogP contribution in [0.15, 0.2) is 33.6 Å². The molecule has 1 aliphatic rings. The highest BCUT2D eigenvalue weighted by molar-refractivity contribution is 9.10. The minimum Gasteiger partial charge on any atom is -0.352 e. The van der Waals surface area contributed by atoms with Gasteiger partial charge in [0.25, 0.3) is 0 Å². The van der Waals surface area contributed by atoms with E-state index in [4.69, 9.17) is 0 Å². The topological polar surface area (TPSA) is 63.2 Å². The van der Waals surface area contributed by atoms with Gasteiger partial charge in [-0.15, -0.1) is 11.8 Å². The lowest BCUT2D eigenvalue weighted by molar-refractivity contribution is -0.119. The third-order valence-electron chi connectivity index (χ3n) is 2.78. The number of amides is 1. The lowest BCUT2D eigenvalue weighted by Gasteiger charge is -2.10. The summed E-state index contributed by atoms with van der Waals surface area (Å²) in [5.41, 5.74) is 0. The lowest BCUT2D eigenvalue weighted by atomic mass is 10.3. The molecule has 0 saturated carbocycles. The first kappa shape index (κ1) is 14.9. The highest BCUT2D eigenvalue weighted by Gasteiger charge is 2.28. The molecule has 1 heterocycles. The summed E-state index contributed by atoms with van der Waals surface area (Å²) < 4.78 is 23.5. The molecule has 0 spiro atoms. The molecule has 1 aromatic rings. The predicted octanol–water partition coefficient (Wildman–Crippen LogP) is 1.84. The fourth-order valence-corrected chi connectivity index (χ4v) is 4.51. The van der Waals surface area contributed by atoms with Crippen molar-refractivity contribution in [2.45, 2.75) is 17.4 Å². The van der Waals surface area contributed by atoms with Crippen molar-refractivity contribution < 1.29 is 13.2 Å². The van der Waals surface area contributed by atoms with Gasteiger partial charge >= 0.3 is 0 Å². The summed E-state index contributed by atoms with van der Waals surface area (Å²) in [4.78, 5) is 12.7. The number of carbonyl (C=O) groups excluding carboxylic acids is 1. The Morgan fingerprint density at radius 1 is 1.37 bits per heavy atom. The monoisotopic (exact) mass is 363 g/mol. The predicted molar refractivity (Wildman–Crippen MR) is 80.1 cm³/mol. The molecule has 19 heavy (non-hydrogen) atoms. The van der Waals surface area contributed by atoms with Gasteiger partial charge in [-0.05, 0) is 30.7 Å².